The summed E-state index contributed by atoms with van der Waals surface area (Å²) in [5.41, 5.74) is 3.26. The van der Waals surface area contributed by atoms with Crippen molar-refractivity contribution in [3.63, 3.8) is 0 Å². The fraction of sp³-hybridized carbons (Fsp3) is 0.667. The van der Waals surface area contributed by atoms with E-state index >= 15 is 0 Å². The molecule has 2 rings (SSSR count). The summed E-state index contributed by atoms with van der Waals surface area (Å²) in [7, 11) is -1.32. The van der Waals surface area contributed by atoms with Gasteiger partial charge in [-0.3, -0.25) is 4.90 Å². The lowest BCUT2D eigenvalue weighted by atomic mass is 10.1. The highest BCUT2D eigenvalue weighted by atomic mass is 32.2. The van der Waals surface area contributed by atoms with Crippen LogP contribution in [0.2, 0.25) is 0 Å². The molecule has 0 bridgehead atoms. The molecule has 0 amide bonds. The topological polar surface area (TPSA) is 59.5 Å². The Bertz CT molecular complexity index is 590. The first kappa shape index (κ1) is 16.2. The maximum Gasteiger partial charge on any atom is 0.213 e. The molecule has 1 aromatic rings. The molecule has 0 aromatic carbocycles. The molecule has 1 saturated heterocycles. The van der Waals surface area contributed by atoms with Gasteiger partial charge in [0.1, 0.15) is 0 Å². The van der Waals surface area contributed by atoms with Gasteiger partial charge in [0.25, 0.3) is 0 Å². The number of ether oxygens (including phenoxy) is 1. The number of pyridine rings is 1. The van der Waals surface area contributed by atoms with E-state index in [1.165, 1.54) is 5.56 Å². The van der Waals surface area contributed by atoms with Crippen LogP contribution in [0, 0.1) is 13.8 Å². The number of hydrogen-bond donors (Lipinski definition) is 0. The molecule has 21 heavy (non-hydrogen) atoms. The normalized spacial score (nSPS) is 22.8. The Kier molecular flexibility index (Phi) is 4.88. The fourth-order valence-electron chi connectivity index (χ4n) is 2.66. The molecule has 1 atom stereocenters. The Hall–Kier alpha value is -1.14. The van der Waals surface area contributed by atoms with E-state index in [1.54, 1.807) is 7.11 Å². The van der Waals surface area contributed by atoms with E-state index in [2.05, 4.69) is 9.88 Å². The zero-order valence-corrected chi connectivity index (χ0v) is 14.0. The number of aromatic nitrogens is 1. The summed E-state index contributed by atoms with van der Waals surface area (Å²) < 4.78 is 29.1. The van der Waals surface area contributed by atoms with Gasteiger partial charge >= 0.3 is 0 Å². The van der Waals surface area contributed by atoms with Crippen molar-refractivity contribution >= 4 is 9.84 Å². The molecule has 6 heteroatoms. The van der Waals surface area contributed by atoms with Gasteiger partial charge in [-0.15, -0.1) is 0 Å². The minimum atomic E-state index is -2.93. The first-order valence-electron chi connectivity index (χ1n) is 7.28. The van der Waals surface area contributed by atoms with Gasteiger partial charge < -0.3 is 4.74 Å². The molecule has 0 spiro atoms. The third-order valence-corrected chi connectivity index (χ3v) is 6.49. The molecule has 1 aliphatic rings. The van der Waals surface area contributed by atoms with Gasteiger partial charge in [-0.05, 0) is 44.9 Å². The lowest BCUT2D eigenvalue weighted by Crippen LogP contribution is -2.27. The van der Waals surface area contributed by atoms with Crippen LogP contribution in [-0.2, 0) is 16.4 Å². The van der Waals surface area contributed by atoms with Crippen molar-refractivity contribution in [3.05, 3.63) is 22.9 Å². The predicted molar refractivity (Wildman–Crippen MR) is 83.4 cm³/mol. The fourth-order valence-corrected chi connectivity index (χ4v) is 4.04. The molecular weight excluding hydrogens is 288 g/mol. The zero-order valence-electron chi connectivity index (χ0n) is 13.2. The van der Waals surface area contributed by atoms with Crippen molar-refractivity contribution in [2.45, 2.75) is 39.0 Å². The third kappa shape index (κ3) is 3.74. The smallest absolute Gasteiger partial charge is 0.213 e. The number of sulfone groups is 1. The van der Waals surface area contributed by atoms with Crippen molar-refractivity contribution in [2.75, 3.05) is 26.0 Å². The van der Waals surface area contributed by atoms with Gasteiger partial charge in [0.05, 0.1) is 18.1 Å². The standard InChI is InChI=1S/C15H24N2O3S/c1-11-9-15(20-4)16-13(3)14(11)10-17-6-5-12(2)21(18,19)8-7-17/h9,12H,5-8,10H2,1-4H3. The largest absolute Gasteiger partial charge is 0.481 e. The zero-order chi connectivity index (χ0) is 15.6. The van der Waals surface area contributed by atoms with Crippen LogP contribution in [0.25, 0.3) is 0 Å². The average molecular weight is 312 g/mol. The SMILES string of the molecule is COc1cc(C)c(CN2CCC(C)S(=O)(=O)CC2)c(C)n1. The van der Waals surface area contributed by atoms with Gasteiger partial charge in [-0.1, -0.05) is 0 Å². The Labute approximate surface area is 127 Å². The molecular formula is C15H24N2O3S. The van der Waals surface area contributed by atoms with E-state index in [-0.39, 0.29) is 11.0 Å². The predicted octanol–water partition coefficient (Wildman–Crippen LogP) is 1.72. The number of nitrogens with zero attached hydrogens (tertiary/aromatic N) is 2. The van der Waals surface area contributed by atoms with Crippen molar-refractivity contribution in [2.24, 2.45) is 0 Å². The van der Waals surface area contributed by atoms with Crippen LogP contribution in [0.4, 0.5) is 0 Å². The van der Waals surface area contributed by atoms with Crippen LogP contribution in [0.15, 0.2) is 6.07 Å². The maximum absolute atomic E-state index is 12.0. The molecule has 0 N–H and O–H groups in total. The monoisotopic (exact) mass is 312 g/mol. The van der Waals surface area contributed by atoms with Crippen LogP contribution in [0.3, 0.4) is 0 Å². The Morgan fingerprint density at radius 1 is 1.38 bits per heavy atom. The van der Waals surface area contributed by atoms with Crippen molar-refractivity contribution < 1.29 is 13.2 Å². The lowest BCUT2D eigenvalue weighted by molar-refractivity contribution is 0.281. The molecule has 5 nitrogen and oxygen atoms in total. The number of hydrogen-bond acceptors (Lipinski definition) is 5. The first-order valence-corrected chi connectivity index (χ1v) is 9.00. The maximum atomic E-state index is 12.0. The summed E-state index contributed by atoms with van der Waals surface area (Å²) >= 11 is 0. The Balaban J connectivity index is 2.16. The molecule has 1 aromatic heterocycles. The van der Waals surface area contributed by atoms with Gasteiger partial charge in [0, 0.05) is 24.8 Å². The molecule has 118 valence electrons. The highest BCUT2D eigenvalue weighted by Crippen LogP contribution is 2.21. The third-order valence-electron chi connectivity index (χ3n) is 4.28. The Morgan fingerprint density at radius 2 is 2.10 bits per heavy atom. The van der Waals surface area contributed by atoms with Crippen LogP contribution >= 0.6 is 0 Å². The highest BCUT2D eigenvalue weighted by Gasteiger charge is 2.26. The van der Waals surface area contributed by atoms with Crippen LogP contribution in [0.1, 0.15) is 30.2 Å². The highest BCUT2D eigenvalue weighted by molar-refractivity contribution is 7.92. The van der Waals surface area contributed by atoms with E-state index in [1.807, 2.05) is 26.8 Å². The van der Waals surface area contributed by atoms with Crippen LogP contribution in [-0.4, -0.2) is 49.5 Å². The van der Waals surface area contributed by atoms with Crippen molar-refractivity contribution in [1.82, 2.24) is 9.88 Å². The second-order valence-corrected chi connectivity index (χ2v) is 8.33. The van der Waals surface area contributed by atoms with Gasteiger partial charge in [-0.25, -0.2) is 13.4 Å². The molecule has 2 heterocycles. The second-order valence-electron chi connectivity index (χ2n) is 5.79. The molecule has 1 aliphatic heterocycles. The van der Waals surface area contributed by atoms with Crippen molar-refractivity contribution in [1.29, 1.82) is 0 Å². The minimum absolute atomic E-state index is 0.237. The van der Waals surface area contributed by atoms with Crippen LogP contribution < -0.4 is 4.74 Å². The summed E-state index contributed by atoms with van der Waals surface area (Å²) in [5, 5.41) is -0.237. The summed E-state index contributed by atoms with van der Waals surface area (Å²) in [6, 6.07) is 1.93. The van der Waals surface area contributed by atoms with Gasteiger partial charge in [0.15, 0.2) is 9.84 Å². The van der Waals surface area contributed by atoms with E-state index < -0.39 is 9.84 Å². The Morgan fingerprint density at radius 3 is 2.71 bits per heavy atom. The second kappa shape index (κ2) is 6.32. The summed E-state index contributed by atoms with van der Waals surface area (Å²) in [6.45, 7) is 7.98. The first-order chi connectivity index (χ1) is 9.83. The minimum Gasteiger partial charge on any atom is -0.481 e. The molecule has 0 saturated carbocycles. The van der Waals surface area contributed by atoms with Crippen molar-refractivity contribution in [3.8, 4) is 5.88 Å². The van der Waals surface area contributed by atoms with Gasteiger partial charge in [0.2, 0.25) is 5.88 Å². The number of methoxy groups -OCH3 is 1. The van der Waals surface area contributed by atoms with E-state index in [9.17, 15) is 8.42 Å². The van der Waals surface area contributed by atoms with E-state index in [0.29, 0.717) is 18.8 Å². The lowest BCUT2D eigenvalue weighted by Gasteiger charge is -2.21. The van der Waals surface area contributed by atoms with E-state index in [0.717, 1.165) is 24.3 Å². The number of aryl methyl sites for hydroxylation is 2. The molecule has 1 unspecified atom stereocenters. The molecule has 1 fully saturated rings. The van der Waals surface area contributed by atoms with E-state index in [4.69, 9.17) is 4.74 Å². The van der Waals surface area contributed by atoms with Crippen LogP contribution in [0.5, 0.6) is 5.88 Å². The summed E-state index contributed by atoms with van der Waals surface area (Å²) in [5.74, 6) is 0.872. The molecule has 0 radical (unpaired) electrons. The summed E-state index contributed by atoms with van der Waals surface area (Å²) in [6.07, 6.45) is 0.698. The number of rotatable bonds is 3. The average Bonchev–Trinajstić information content (AvgIpc) is 2.55. The summed E-state index contributed by atoms with van der Waals surface area (Å²) in [4.78, 5) is 6.63. The quantitative estimate of drug-likeness (QED) is 0.850. The molecule has 0 aliphatic carbocycles. The van der Waals surface area contributed by atoms with Gasteiger partial charge in [-0.2, -0.15) is 0 Å².